The van der Waals surface area contributed by atoms with Gasteiger partial charge in [-0.3, -0.25) is 0 Å². The van der Waals surface area contributed by atoms with E-state index in [0.29, 0.717) is 10.0 Å². The molecule has 0 spiro atoms. The van der Waals surface area contributed by atoms with Gasteiger partial charge >= 0.3 is 6.18 Å². The lowest BCUT2D eigenvalue weighted by molar-refractivity contribution is -0.140. The number of benzene rings is 1. The van der Waals surface area contributed by atoms with E-state index in [-0.39, 0.29) is 12.1 Å². The summed E-state index contributed by atoms with van der Waals surface area (Å²) in [4.78, 5) is 0. The Morgan fingerprint density at radius 1 is 1.38 bits per heavy atom. The van der Waals surface area contributed by atoms with Crippen LogP contribution in [0.1, 0.15) is 24.5 Å². The fourth-order valence-corrected chi connectivity index (χ4v) is 1.67. The van der Waals surface area contributed by atoms with Crippen LogP contribution in [0.3, 0.4) is 0 Å². The average molecular weight is 298 g/mol. The van der Waals surface area contributed by atoms with Crippen molar-refractivity contribution in [3.8, 4) is 0 Å². The zero-order valence-corrected chi connectivity index (χ0v) is 9.85. The van der Waals surface area contributed by atoms with Crippen LogP contribution >= 0.6 is 15.9 Å². The van der Waals surface area contributed by atoms with Gasteiger partial charge in [0.2, 0.25) is 0 Å². The number of alkyl halides is 3. The van der Waals surface area contributed by atoms with E-state index in [4.69, 9.17) is 5.73 Å². The molecule has 0 heterocycles. The van der Waals surface area contributed by atoms with Crippen molar-refractivity contribution < 1.29 is 18.3 Å². The van der Waals surface area contributed by atoms with Crippen LogP contribution in [0.25, 0.3) is 0 Å². The summed E-state index contributed by atoms with van der Waals surface area (Å²) >= 11 is 3.17. The SMILES string of the molecule is Nc1ccc(Br)cc1C(O)CCC(F)(F)F. The van der Waals surface area contributed by atoms with Crippen LogP contribution in [0.5, 0.6) is 0 Å². The fraction of sp³-hybridized carbons (Fsp3) is 0.400. The van der Waals surface area contributed by atoms with E-state index in [1.54, 1.807) is 6.07 Å². The third-order valence-electron chi connectivity index (χ3n) is 2.11. The van der Waals surface area contributed by atoms with E-state index in [1.807, 2.05) is 0 Å². The van der Waals surface area contributed by atoms with Crippen molar-refractivity contribution in [2.75, 3.05) is 5.73 Å². The molecule has 0 aliphatic heterocycles. The van der Waals surface area contributed by atoms with Crippen LogP contribution in [-0.2, 0) is 0 Å². The van der Waals surface area contributed by atoms with Gasteiger partial charge in [0.1, 0.15) is 0 Å². The minimum atomic E-state index is -4.26. The Kier molecular flexibility index (Phi) is 4.21. The molecule has 0 saturated carbocycles. The first-order valence-electron chi connectivity index (χ1n) is 4.59. The van der Waals surface area contributed by atoms with E-state index in [2.05, 4.69) is 15.9 Å². The summed E-state index contributed by atoms with van der Waals surface area (Å²) < 4.78 is 36.5. The van der Waals surface area contributed by atoms with Gasteiger partial charge in [-0.2, -0.15) is 13.2 Å². The van der Waals surface area contributed by atoms with E-state index in [1.165, 1.54) is 12.1 Å². The molecule has 2 nitrogen and oxygen atoms in total. The summed E-state index contributed by atoms with van der Waals surface area (Å²) in [6.45, 7) is 0. The number of rotatable bonds is 3. The van der Waals surface area contributed by atoms with Gasteiger partial charge in [0.05, 0.1) is 6.10 Å². The lowest BCUT2D eigenvalue weighted by Gasteiger charge is -2.14. The quantitative estimate of drug-likeness (QED) is 0.840. The highest BCUT2D eigenvalue weighted by Gasteiger charge is 2.28. The van der Waals surface area contributed by atoms with Crippen LogP contribution in [0.15, 0.2) is 22.7 Å². The standard InChI is InChI=1S/C10H11BrF3NO/c11-6-1-2-8(15)7(5-6)9(16)3-4-10(12,13)14/h1-2,5,9,16H,3-4,15H2. The average Bonchev–Trinajstić information content (AvgIpc) is 2.17. The maximum Gasteiger partial charge on any atom is 0.389 e. The van der Waals surface area contributed by atoms with Gasteiger partial charge in [-0.25, -0.2) is 0 Å². The summed E-state index contributed by atoms with van der Waals surface area (Å²) in [6.07, 6.45) is -6.87. The summed E-state index contributed by atoms with van der Waals surface area (Å²) in [5.41, 5.74) is 6.18. The highest BCUT2D eigenvalue weighted by molar-refractivity contribution is 9.10. The molecular weight excluding hydrogens is 287 g/mol. The summed E-state index contributed by atoms with van der Waals surface area (Å²) in [5, 5.41) is 9.59. The minimum Gasteiger partial charge on any atom is -0.398 e. The molecule has 3 N–H and O–H groups in total. The monoisotopic (exact) mass is 297 g/mol. The molecule has 0 amide bonds. The molecule has 90 valence electrons. The molecule has 1 aromatic carbocycles. The molecule has 0 radical (unpaired) electrons. The molecule has 0 fully saturated rings. The normalized spacial score (nSPS) is 13.8. The molecular formula is C10H11BrF3NO. The zero-order chi connectivity index (χ0) is 12.3. The highest BCUT2D eigenvalue weighted by Crippen LogP contribution is 2.31. The van der Waals surface area contributed by atoms with Gasteiger partial charge in [0.25, 0.3) is 0 Å². The topological polar surface area (TPSA) is 46.2 Å². The van der Waals surface area contributed by atoms with Gasteiger partial charge in [-0.05, 0) is 24.6 Å². The molecule has 0 aliphatic carbocycles. The number of anilines is 1. The van der Waals surface area contributed by atoms with Crippen molar-refractivity contribution in [1.82, 2.24) is 0 Å². The number of aliphatic hydroxyl groups is 1. The molecule has 6 heteroatoms. The lowest BCUT2D eigenvalue weighted by Crippen LogP contribution is -2.11. The Morgan fingerprint density at radius 3 is 2.56 bits per heavy atom. The van der Waals surface area contributed by atoms with Gasteiger partial charge < -0.3 is 10.8 Å². The van der Waals surface area contributed by atoms with Crippen molar-refractivity contribution in [3.05, 3.63) is 28.2 Å². The first-order valence-corrected chi connectivity index (χ1v) is 5.38. The first-order chi connectivity index (χ1) is 7.29. The lowest BCUT2D eigenvalue weighted by atomic mass is 10.0. The second-order valence-electron chi connectivity index (χ2n) is 3.44. The second-order valence-corrected chi connectivity index (χ2v) is 4.36. The summed E-state index contributed by atoms with van der Waals surface area (Å²) in [6, 6.07) is 4.72. The maximum atomic E-state index is 12.0. The molecule has 1 atom stereocenters. The molecule has 0 aromatic heterocycles. The Labute approximate surface area is 99.4 Å². The van der Waals surface area contributed by atoms with Gasteiger partial charge in [0, 0.05) is 22.1 Å². The highest BCUT2D eigenvalue weighted by atomic mass is 79.9. The first kappa shape index (κ1) is 13.3. The molecule has 0 aliphatic rings. The number of hydrogen-bond acceptors (Lipinski definition) is 2. The van der Waals surface area contributed by atoms with E-state index >= 15 is 0 Å². The fourth-order valence-electron chi connectivity index (χ4n) is 1.29. The van der Waals surface area contributed by atoms with Crippen LogP contribution in [0, 0.1) is 0 Å². The van der Waals surface area contributed by atoms with Crippen molar-refractivity contribution >= 4 is 21.6 Å². The smallest absolute Gasteiger partial charge is 0.389 e. The van der Waals surface area contributed by atoms with E-state index < -0.39 is 18.7 Å². The number of nitrogens with two attached hydrogens (primary N) is 1. The number of hydrogen-bond donors (Lipinski definition) is 2. The zero-order valence-electron chi connectivity index (χ0n) is 8.26. The Balaban J connectivity index is 2.73. The van der Waals surface area contributed by atoms with Crippen LogP contribution in [0.2, 0.25) is 0 Å². The Bertz CT molecular complexity index is 368. The van der Waals surface area contributed by atoms with E-state index in [0.717, 1.165) is 0 Å². The minimum absolute atomic E-state index is 0.290. The second kappa shape index (κ2) is 5.05. The Hall–Kier alpha value is -0.750. The summed E-state index contributed by atoms with van der Waals surface area (Å²) in [5.74, 6) is 0. The van der Waals surface area contributed by atoms with Crippen LogP contribution in [0.4, 0.5) is 18.9 Å². The largest absolute Gasteiger partial charge is 0.398 e. The molecule has 1 rings (SSSR count). The van der Waals surface area contributed by atoms with Crippen LogP contribution < -0.4 is 5.73 Å². The maximum absolute atomic E-state index is 12.0. The predicted molar refractivity (Wildman–Crippen MR) is 58.8 cm³/mol. The predicted octanol–water partition coefficient (Wildman–Crippen LogP) is 3.41. The molecule has 16 heavy (non-hydrogen) atoms. The molecule has 0 bridgehead atoms. The van der Waals surface area contributed by atoms with Crippen molar-refractivity contribution in [3.63, 3.8) is 0 Å². The van der Waals surface area contributed by atoms with Crippen molar-refractivity contribution in [1.29, 1.82) is 0 Å². The van der Waals surface area contributed by atoms with Crippen molar-refractivity contribution in [2.45, 2.75) is 25.1 Å². The van der Waals surface area contributed by atoms with Gasteiger partial charge in [-0.15, -0.1) is 0 Å². The third kappa shape index (κ3) is 4.02. The number of halogens is 4. The Morgan fingerprint density at radius 2 is 2.00 bits per heavy atom. The molecule has 1 aromatic rings. The van der Waals surface area contributed by atoms with Gasteiger partial charge in [0.15, 0.2) is 0 Å². The van der Waals surface area contributed by atoms with E-state index in [9.17, 15) is 18.3 Å². The molecule has 1 unspecified atom stereocenters. The number of nitrogen functional groups attached to an aromatic ring is 1. The van der Waals surface area contributed by atoms with Crippen molar-refractivity contribution in [2.24, 2.45) is 0 Å². The van der Waals surface area contributed by atoms with Gasteiger partial charge in [-0.1, -0.05) is 15.9 Å². The number of aliphatic hydroxyl groups excluding tert-OH is 1. The summed E-state index contributed by atoms with van der Waals surface area (Å²) in [7, 11) is 0. The molecule has 0 saturated heterocycles. The third-order valence-corrected chi connectivity index (χ3v) is 2.60. The van der Waals surface area contributed by atoms with Crippen LogP contribution in [-0.4, -0.2) is 11.3 Å².